The fourth-order valence-corrected chi connectivity index (χ4v) is 3.59. The highest BCUT2D eigenvalue weighted by atomic mass is 16.4. The van der Waals surface area contributed by atoms with Gasteiger partial charge in [0, 0.05) is 24.8 Å². The second-order valence-corrected chi connectivity index (χ2v) is 7.59. The zero-order chi connectivity index (χ0) is 19.8. The van der Waals surface area contributed by atoms with Crippen LogP contribution in [0.15, 0.2) is 21.9 Å². The van der Waals surface area contributed by atoms with E-state index in [0.717, 1.165) is 19.4 Å². The SMILES string of the molecule is O=C(O)CN(CC1CC1)C1CC(NC(=O)c2cnc3[nH]c(=O)[nH]c(=O)c3c2)C1. The van der Waals surface area contributed by atoms with Crippen LogP contribution in [0.3, 0.4) is 0 Å². The Kier molecular flexibility index (Phi) is 4.71. The zero-order valence-electron chi connectivity index (χ0n) is 15.1. The number of carboxylic acid groups (broad SMARTS) is 1. The number of amides is 1. The smallest absolute Gasteiger partial charge is 0.327 e. The Morgan fingerprint density at radius 3 is 2.68 bits per heavy atom. The van der Waals surface area contributed by atoms with Crippen molar-refractivity contribution < 1.29 is 14.7 Å². The van der Waals surface area contributed by atoms with Crippen LogP contribution >= 0.6 is 0 Å². The topological polar surface area (TPSA) is 148 Å². The predicted molar refractivity (Wildman–Crippen MR) is 99.2 cm³/mol. The van der Waals surface area contributed by atoms with Gasteiger partial charge in [0.2, 0.25) is 0 Å². The second kappa shape index (κ2) is 7.19. The molecule has 0 aliphatic heterocycles. The van der Waals surface area contributed by atoms with Gasteiger partial charge in [-0.15, -0.1) is 0 Å². The number of aromatic amines is 2. The molecule has 0 unspecified atom stereocenters. The third-order valence-electron chi connectivity index (χ3n) is 5.35. The molecule has 10 heteroatoms. The van der Waals surface area contributed by atoms with E-state index >= 15 is 0 Å². The molecule has 2 heterocycles. The summed E-state index contributed by atoms with van der Waals surface area (Å²) in [6.07, 6.45) is 5.01. The minimum atomic E-state index is -0.835. The fourth-order valence-electron chi connectivity index (χ4n) is 3.59. The summed E-state index contributed by atoms with van der Waals surface area (Å²) in [4.78, 5) is 57.2. The van der Waals surface area contributed by atoms with Crippen molar-refractivity contribution in [2.24, 2.45) is 5.92 Å². The van der Waals surface area contributed by atoms with Gasteiger partial charge in [-0.2, -0.15) is 0 Å². The molecule has 0 saturated heterocycles. The van der Waals surface area contributed by atoms with Crippen LogP contribution in [0, 0.1) is 5.92 Å². The highest BCUT2D eigenvalue weighted by molar-refractivity contribution is 5.96. The molecule has 2 aliphatic carbocycles. The lowest BCUT2D eigenvalue weighted by Gasteiger charge is -2.42. The summed E-state index contributed by atoms with van der Waals surface area (Å²) >= 11 is 0. The molecule has 10 nitrogen and oxygen atoms in total. The molecule has 4 rings (SSSR count). The van der Waals surface area contributed by atoms with Crippen molar-refractivity contribution in [3.05, 3.63) is 38.7 Å². The number of hydrogen-bond donors (Lipinski definition) is 4. The Bertz CT molecular complexity index is 1030. The van der Waals surface area contributed by atoms with Crippen LogP contribution in [0.25, 0.3) is 11.0 Å². The second-order valence-electron chi connectivity index (χ2n) is 7.59. The Labute approximate surface area is 159 Å². The van der Waals surface area contributed by atoms with Gasteiger partial charge in [-0.05, 0) is 37.7 Å². The highest BCUT2D eigenvalue weighted by Gasteiger charge is 2.37. The minimum Gasteiger partial charge on any atom is -0.480 e. The van der Waals surface area contributed by atoms with Crippen LogP contribution in [0.5, 0.6) is 0 Å². The predicted octanol–water partition coefficient (Wildman–Crippen LogP) is -0.331. The van der Waals surface area contributed by atoms with E-state index in [0.29, 0.717) is 18.8 Å². The third-order valence-corrected chi connectivity index (χ3v) is 5.35. The van der Waals surface area contributed by atoms with Gasteiger partial charge in [0.15, 0.2) is 0 Å². The van der Waals surface area contributed by atoms with E-state index in [4.69, 9.17) is 5.11 Å². The summed E-state index contributed by atoms with van der Waals surface area (Å²) in [5.41, 5.74) is -0.902. The van der Waals surface area contributed by atoms with E-state index in [9.17, 15) is 19.2 Å². The van der Waals surface area contributed by atoms with Gasteiger partial charge in [-0.1, -0.05) is 0 Å². The van der Waals surface area contributed by atoms with E-state index in [1.54, 1.807) is 0 Å². The minimum absolute atomic E-state index is 0.0252. The van der Waals surface area contributed by atoms with Crippen LogP contribution in [0.2, 0.25) is 0 Å². The molecule has 0 radical (unpaired) electrons. The molecule has 2 aliphatic rings. The molecule has 1 amide bonds. The van der Waals surface area contributed by atoms with Gasteiger partial charge in [-0.25, -0.2) is 9.78 Å². The van der Waals surface area contributed by atoms with Crippen molar-refractivity contribution in [1.82, 2.24) is 25.2 Å². The number of carbonyl (C=O) groups excluding carboxylic acids is 1. The number of rotatable bonds is 7. The molecule has 0 atom stereocenters. The van der Waals surface area contributed by atoms with Crippen molar-refractivity contribution in [2.75, 3.05) is 13.1 Å². The molecule has 0 aromatic carbocycles. The largest absolute Gasteiger partial charge is 0.480 e. The number of aliphatic carboxylic acids is 1. The summed E-state index contributed by atoms with van der Waals surface area (Å²) < 4.78 is 0. The van der Waals surface area contributed by atoms with Crippen molar-refractivity contribution in [3.63, 3.8) is 0 Å². The molecule has 148 valence electrons. The lowest BCUT2D eigenvalue weighted by atomic mass is 9.85. The molecule has 0 bridgehead atoms. The monoisotopic (exact) mass is 387 g/mol. The van der Waals surface area contributed by atoms with E-state index < -0.39 is 17.2 Å². The number of carboxylic acids is 1. The Hall–Kier alpha value is -3.01. The molecule has 2 aromatic rings. The number of hydrogen-bond acceptors (Lipinski definition) is 6. The van der Waals surface area contributed by atoms with Gasteiger partial charge >= 0.3 is 11.7 Å². The molecule has 2 fully saturated rings. The van der Waals surface area contributed by atoms with Crippen molar-refractivity contribution in [2.45, 2.75) is 37.8 Å². The molecular weight excluding hydrogens is 366 g/mol. The fraction of sp³-hybridized carbons (Fsp3) is 0.500. The van der Waals surface area contributed by atoms with E-state index in [-0.39, 0.29) is 41.1 Å². The van der Waals surface area contributed by atoms with Gasteiger partial charge < -0.3 is 10.4 Å². The number of nitrogens with one attached hydrogen (secondary N) is 3. The Morgan fingerprint density at radius 2 is 2.00 bits per heavy atom. The van der Waals surface area contributed by atoms with Gasteiger partial charge in [-0.3, -0.25) is 29.3 Å². The molecule has 0 spiro atoms. The van der Waals surface area contributed by atoms with Gasteiger partial charge in [0.1, 0.15) is 5.65 Å². The van der Waals surface area contributed by atoms with Crippen LogP contribution in [-0.2, 0) is 4.79 Å². The maximum atomic E-state index is 12.5. The first-order valence-electron chi connectivity index (χ1n) is 9.28. The van der Waals surface area contributed by atoms with Crippen LogP contribution in [0.1, 0.15) is 36.0 Å². The van der Waals surface area contributed by atoms with Gasteiger partial charge in [0.05, 0.1) is 17.5 Å². The van der Waals surface area contributed by atoms with Crippen LogP contribution < -0.4 is 16.6 Å². The van der Waals surface area contributed by atoms with Gasteiger partial charge in [0.25, 0.3) is 11.5 Å². The maximum absolute atomic E-state index is 12.5. The molecule has 2 aromatic heterocycles. The summed E-state index contributed by atoms with van der Waals surface area (Å²) in [5, 5.41) is 12.1. The summed E-state index contributed by atoms with van der Waals surface area (Å²) in [6, 6.07) is 1.51. The first kappa shape index (κ1) is 18.4. The number of nitrogens with zero attached hydrogens (tertiary/aromatic N) is 2. The lowest BCUT2D eigenvalue weighted by Crippen LogP contribution is -2.55. The molecular formula is C18H21N5O5. The number of fused-ring (bicyclic) bond motifs is 1. The lowest BCUT2D eigenvalue weighted by molar-refractivity contribution is -0.139. The average Bonchev–Trinajstić information content (AvgIpc) is 3.40. The summed E-state index contributed by atoms with van der Waals surface area (Å²) in [6.45, 7) is 0.824. The molecule has 2 saturated carbocycles. The summed E-state index contributed by atoms with van der Waals surface area (Å²) in [5.74, 6) is -0.588. The van der Waals surface area contributed by atoms with E-state index in [1.807, 2.05) is 4.90 Å². The quantitative estimate of drug-likeness (QED) is 0.508. The zero-order valence-corrected chi connectivity index (χ0v) is 15.1. The van der Waals surface area contributed by atoms with Crippen molar-refractivity contribution in [3.8, 4) is 0 Å². The molecule has 4 N–H and O–H groups in total. The number of carbonyl (C=O) groups is 2. The Balaban J connectivity index is 1.38. The van der Waals surface area contributed by atoms with Crippen LogP contribution in [0.4, 0.5) is 0 Å². The van der Waals surface area contributed by atoms with Crippen LogP contribution in [-0.4, -0.2) is 62.0 Å². The van der Waals surface area contributed by atoms with Crippen molar-refractivity contribution >= 4 is 22.9 Å². The van der Waals surface area contributed by atoms with E-state index in [1.165, 1.54) is 12.3 Å². The first-order valence-corrected chi connectivity index (χ1v) is 9.28. The van der Waals surface area contributed by atoms with E-state index in [2.05, 4.69) is 20.3 Å². The number of pyridine rings is 1. The number of aromatic nitrogens is 3. The normalized spacial score (nSPS) is 21.5. The van der Waals surface area contributed by atoms with Crippen molar-refractivity contribution in [1.29, 1.82) is 0 Å². The first-order chi connectivity index (χ1) is 13.4. The maximum Gasteiger partial charge on any atom is 0.327 e. The molecule has 28 heavy (non-hydrogen) atoms. The standard InChI is InChI=1S/C18H21N5O5/c24-14(25)8-23(7-9-1-2-9)12-4-11(5-12)20-16(26)10-3-13-15(19-6-10)21-18(28)22-17(13)27/h3,6,9,11-12H,1-2,4-5,7-8H2,(H,20,26)(H,24,25)(H2,19,21,22,27,28). The summed E-state index contributed by atoms with van der Waals surface area (Å²) in [7, 11) is 0. The average molecular weight is 387 g/mol. The Morgan fingerprint density at radius 1 is 1.25 bits per heavy atom. The highest BCUT2D eigenvalue weighted by Crippen LogP contribution is 2.33. The number of H-pyrrole nitrogens is 2. The third kappa shape index (κ3) is 3.96.